The van der Waals surface area contributed by atoms with E-state index in [9.17, 15) is 19.4 Å². The van der Waals surface area contributed by atoms with Gasteiger partial charge in [-0.05, 0) is 51.4 Å². The molecule has 61 heavy (non-hydrogen) atoms. The van der Waals surface area contributed by atoms with E-state index >= 15 is 0 Å². The standard InChI is InChI=1S/C52H101N2O6P/c1-6-8-10-12-14-15-16-17-18-19-20-21-22-23-24-25-26-27-28-29-30-31-32-33-34-35-36-37-38-39-40-42-44-46-52(56)53-50(51(55)45-43-41-13-11-9-7-2)49-60-61(57,58)59-48-47-54(3,4)5/h16-17,19-20,22-23,50-51,55H,6-15,18,21,24-49H2,1-5H3,(H-,53,56,57,58)/b17-16-,20-19-,23-22-. The Balaban J connectivity index is 3.84. The molecule has 0 aromatic carbocycles. The molecule has 0 saturated heterocycles. The van der Waals surface area contributed by atoms with Crippen molar-refractivity contribution in [1.29, 1.82) is 0 Å². The lowest BCUT2D eigenvalue weighted by molar-refractivity contribution is -0.870. The second-order valence-electron chi connectivity index (χ2n) is 18.9. The van der Waals surface area contributed by atoms with Gasteiger partial charge in [0.25, 0.3) is 7.82 Å². The van der Waals surface area contributed by atoms with Crippen LogP contribution in [0.2, 0.25) is 0 Å². The van der Waals surface area contributed by atoms with Crippen molar-refractivity contribution < 1.29 is 32.9 Å². The summed E-state index contributed by atoms with van der Waals surface area (Å²) in [5.74, 6) is -0.169. The Hall–Kier alpha value is -1.28. The van der Waals surface area contributed by atoms with Crippen molar-refractivity contribution >= 4 is 13.7 Å². The zero-order chi connectivity index (χ0) is 45.0. The Morgan fingerprint density at radius 3 is 1.38 bits per heavy atom. The van der Waals surface area contributed by atoms with Gasteiger partial charge >= 0.3 is 0 Å². The zero-order valence-corrected chi connectivity index (χ0v) is 41.8. The Bertz CT molecular complexity index is 1090. The van der Waals surface area contributed by atoms with E-state index in [1.165, 1.54) is 161 Å². The first kappa shape index (κ1) is 59.7. The number of aliphatic hydroxyl groups is 1. The molecular weight excluding hydrogens is 780 g/mol. The predicted octanol–water partition coefficient (Wildman–Crippen LogP) is 14.4. The largest absolute Gasteiger partial charge is 0.756 e. The van der Waals surface area contributed by atoms with Gasteiger partial charge in [-0.25, -0.2) is 0 Å². The number of phosphoric ester groups is 1. The first-order valence-corrected chi connectivity index (χ1v) is 27.3. The number of nitrogens with zero attached hydrogens (tertiary/aromatic N) is 1. The molecule has 1 amide bonds. The van der Waals surface area contributed by atoms with Crippen LogP contribution >= 0.6 is 7.82 Å². The van der Waals surface area contributed by atoms with Gasteiger partial charge in [-0.2, -0.15) is 0 Å². The van der Waals surface area contributed by atoms with Crippen molar-refractivity contribution in [3.05, 3.63) is 36.5 Å². The van der Waals surface area contributed by atoms with E-state index in [0.29, 0.717) is 23.9 Å². The van der Waals surface area contributed by atoms with Crippen LogP contribution in [0.4, 0.5) is 0 Å². The summed E-state index contributed by atoms with van der Waals surface area (Å²) in [6, 6.07) is -0.795. The molecule has 0 radical (unpaired) electrons. The molecule has 0 heterocycles. The summed E-state index contributed by atoms with van der Waals surface area (Å²) in [6.07, 6.45) is 55.0. The number of unbranched alkanes of at least 4 members (excludes halogenated alkanes) is 28. The number of quaternary nitrogens is 1. The van der Waals surface area contributed by atoms with Crippen molar-refractivity contribution in [3.8, 4) is 0 Å². The first-order chi connectivity index (χ1) is 29.5. The first-order valence-electron chi connectivity index (χ1n) is 25.8. The molecule has 0 fully saturated rings. The number of rotatable bonds is 47. The number of carbonyl (C=O) groups excluding carboxylic acids is 1. The SMILES string of the molecule is CCCCCCC/C=C\C/C=C\C/C=C\CCCCCCCCCCCCCCCCCCCCC(=O)NC(COP(=O)([O-])OCC[N+](C)(C)C)C(O)CCCCCCCC. The van der Waals surface area contributed by atoms with Gasteiger partial charge in [-0.3, -0.25) is 9.36 Å². The van der Waals surface area contributed by atoms with Crippen molar-refractivity contribution in [2.24, 2.45) is 0 Å². The molecule has 360 valence electrons. The van der Waals surface area contributed by atoms with Crippen LogP contribution in [0.25, 0.3) is 0 Å². The monoisotopic (exact) mass is 881 g/mol. The quantitative estimate of drug-likeness (QED) is 0.0273. The van der Waals surface area contributed by atoms with Gasteiger partial charge in [0.15, 0.2) is 0 Å². The van der Waals surface area contributed by atoms with Crippen LogP contribution in [0.5, 0.6) is 0 Å². The topological polar surface area (TPSA) is 108 Å². The molecule has 0 saturated carbocycles. The number of nitrogens with one attached hydrogen (secondary N) is 1. The number of hydrogen-bond donors (Lipinski definition) is 2. The van der Waals surface area contributed by atoms with Gasteiger partial charge in [0.05, 0.1) is 39.9 Å². The van der Waals surface area contributed by atoms with Crippen LogP contribution in [-0.2, 0) is 18.4 Å². The molecule has 8 nitrogen and oxygen atoms in total. The van der Waals surface area contributed by atoms with Gasteiger partial charge in [0.1, 0.15) is 13.2 Å². The van der Waals surface area contributed by atoms with E-state index in [2.05, 4.69) is 55.6 Å². The Morgan fingerprint density at radius 2 is 0.951 bits per heavy atom. The molecular formula is C52H101N2O6P. The molecule has 0 aliphatic carbocycles. The number of hydrogen-bond acceptors (Lipinski definition) is 6. The number of amides is 1. The van der Waals surface area contributed by atoms with Crippen molar-refractivity contribution in [3.63, 3.8) is 0 Å². The van der Waals surface area contributed by atoms with E-state index < -0.39 is 20.0 Å². The molecule has 0 aliphatic heterocycles. The van der Waals surface area contributed by atoms with Gasteiger partial charge in [-0.1, -0.05) is 217 Å². The summed E-state index contributed by atoms with van der Waals surface area (Å²) < 4.78 is 23.1. The Morgan fingerprint density at radius 1 is 0.574 bits per heavy atom. The molecule has 0 bridgehead atoms. The molecule has 2 N–H and O–H groups in total. The van der Waals surface area contributed by atoms with E-state index in [-0.39, 0.29) is 19.1 Å². The van der Waals surface area contributed by atoms with Crippen molar-refractivity contribution in [1.82, 2.24) is 5.32 Å². The van der Waals surface area contributed by atoms with Gasteiger partial charge in [0, 0.05) is 6.42 Å². The summed E-state index contributed by atoms with van der Waals surface area (Å²) in [6.45, 7) is 4.65. The van der Waals surface area contributed by atoms with E-state index in [1.807, 2.05) is 21.1 Å². The Labute approximate surface area is 378 Å². The van der Waals surface area contributed by atoms with Crippen LogP contribution in [0.3, 0.4) is 0 Å². The lowest BCUT2D eigenvalue weighted by Gasteiger charge is -2.30. The average Bonchev–Trinajstić information content (AvgIpc) is 3.21. The molecule has 0 rings (SSSR count). The second-order valence-corrected chi connectivity index (χ2v) is 20.3. The minimum absolute atomic E-state index is 0.0123. The van der Waals surface area contributed by atoms with Gasteiger partial charge in [0.2, 0.25) is 5.91 Å². The Kier molecular flexibility index (Phi) is 43.0. The normalized spacial score (nSPS) is 14.4. The second kappa shape index (κ2) is 43.9. The fraction of sp³-hybridized carbons (Fsp3) is 0.865. The summed E-state index contributed by atoms with van der Waals surface area (Å²) >= 11 is 0. The minimum atomic E-state index is -4.55. The number of likely N-dealkylation sites (N-methyl/N-ethyl adjacent to an activating group) is 1. The molecule has 0 aliphatic rings. The van der Waals surface area contributed by atoms with Crippen molar-refractivity contribution in [2.75, 3.05) is 40.9 Å². The number of aliphatic hydroxyl groups excluding tert-OH is 1. The molecule has 0 aromatic heterocycles. The van der Waals surface area contributed by atoms with Crippen molar-refractivity contribution in [2.45, 2.75) is 251 Å². The maximum Gasteiger partial charge on any atom is 0.268 e. The summed E-state index contributed by atoms with van der Waals surface area (Å²) in [4.78, 5) is 25.2. The molecule has 0 aromatic rings. The highest BCUT2D eigenvalue weighted by atomic mass is 31.2. The van der Waals surface area contributed by atoms with Crippen LogP contribution < -0.4 is 10.2 Å². The third-order valence-corrected chi connectivity index (χ3v) is 12.6. The van der Waals surface area contributed by atoms with E-state index in [1.54, 1.807) is 0 Å². The summed E-state index contributed by atoms with van der Waals surface area (Å²) in [7, 11) is 1.30. The number of allylic oxidation sites excluding steroid dienone is 6. The van der Waals surface area contributed by atoms with Crippen LogP contribution in [-0.4, -0.2) is 68.5 Å². The van der Waals surface area contributed by atoms with Gasteiger partial charge in [-0.15, -0.1) is 0 Å². The predicted molar refractivity (Wildman–Crippen MR) is 261 cm³/mol. The van der Waals surface area contributed by atoms with E-state index in [0.717, 1.165) is 51.4 Å². The smallest absolute Gasteiger partial charge is 0.268 e. The highest BCUT2D eigenvalue weighted by molar-refractivity contribution is 7.45. The third-order valence-electron chi connectivity index (χ3n) is 11.6. The fourth-order valence-corrected chi connectivity index (χ4v) is 8.24. The van der Waals surface area contributed by atoms with Crippen LogP contribution in [0.1, 0.15) is 239 Å². The molecule has 0 spiro atoms. The van der Waals surface area contributed by atoms with E-state index in [4.69, 9.17) is 9.05 Å². The summed E-state index contributed by atoms with van der Waals surface area (Å²) in [5, 5.41) is 13.8. The third kappa shape index (κ3) is 46.5. The maximum absolute atomic E-state index is 12.8. The molecule has 3 atom stereocenters. The number of phosphoric acid groups is 1. The zero-order valence-electron chi connectivity index (χ0n) is 40.9. The molecule has 3 unspecified atom stereocenters. The lowest BCUT2D eigenvalue weighted by atomic mass is 10.0. The van der Waals surface area contributed by atoms with Crippen LogP contribution in [0.15, 0.2) is 36.5 Å². The lowest BCUT2D eigenvalue weighted by Crippen LogP contribution is -2.46. The highest BCUT2D eigenvalue weighted by Crippen LogP contribution is 2.38. The minimum Gasteiger partial charge on any atom is -0.756 e. The maximum atomic E-state index is 12.8. The summed E-state index contributed by atoms with van der Waals surface area (Å²) in [5.41, 5.74) is 0. The number of carbonyl (C=O) groups is 1. The van der Waals surface area contributed by atoms with Crippen LogP contribution in [0, 0.1) is 0 Å². The highest BCUT2D eigenvalue weighted by Gasteiger charge is 2.24. The average molecular weight is 881 g/mol. The van der Waals surface area contributed by atoms with Gasteiger partial charge < -0.3 is 28.8 Å². The fourth-order valence-electron chi connectivity index (χ4n) is 7.52. The molecule has 9 heteroatoms.